The van der Waals surface area contributed by atoms with E-state index < -0.39 is 4.92 Å². The summed E-state index contributed by atoms with van der Waals surface area (Å²) in [6.07, 6.45) is 0. The summed E-state index contributed by atoms with van der Waals surface area (Å²) < 4.78 is 0.589. The van der Waals surface area contributed by atoms with Crippen molar-refractivity contribution in [3.8, 4) is 0 Å². The van der Waals surface area contributed by atoms with Crippen molar-refractivity contribution < 1.29 is 9.72 Å². The maximum atomic E-state index is 12.0. The molecule has 1 atom stereocenters. The molecule has 1 unspecified atom stereocenters. The Labute approximate surface area is 119 Å². The van der Waals surface area contributed by atoms with Crippen LogP contribution in [0.4, 0.5) is 11.4 Å². The normalized spacial score (nSPS) is 12.3. The average molecular weight is 330 g/mol. The lowest BCUT2D eigenvalue weighted by molar-refractivity contribution is -0.384. The summed E-state index contributed by atoms with van der Waals surface area (Å²) in [7, 11) is 0. The largest absolute Gasteiger partial charge is 0.330 e. The second-order valence-electron chi connectivity index (χ2n) is 4.50. The Balaban J connectivity index is 2.95. The van der Waals surface area contributed by atoms with Gasteiger partial charge in [0.25, 0.3) is 5.69 Å². The topological polar surface area (TPSA) is 98.3 Å². The van der Waals surface area contributed by atoms with Crippen LogP contribution in [0.25, 0.3) is 0 Å². The standard InChI is InChI=1S/C12H16BrN3O3/c1-7(2)9(6-14)12(17)15-11-5-8(16(18)19)3-4-10(11)13/h3-5,7,9H,6,14H2,1-2H3,(H,15,17). The van der Waals surface area contributed by atoms with Crippen LogP contribution in [0.3, 0.4) is 0 Å². The molecule has 0 saturated heterocycles. The Bertz CT molecular complexity index is 491. The van der Waals surface area contributed by atoms with Gasteiger partial charge in [-0.05, 0) is 27.9 Å². The van der Waals surface area contributed by atoms with Gasteiger partial charge in [0, 0.05) is 23.2 Å². The first-order chi connectivity index (χ1) is 8.86. The molecule has 19 heavy (non-hydrogen) atoms. The van der Waals surface area contributed by atoms with Gasteiger partial charge in [-0.3, -0.25) is 14.9 Å². The Kier molecular flexibility index (Phi) is 5.44. The molecule has 0 aromatic heterocycles. The fourth-order valence-corrected chi connectivity index (χ4v) is 1.98. The van der Waals surface area contributed by atoms with Crippen molar-refractivity contribution in [2.24, 2.45) is 17.6 Å². The number of carbonyl (C=O) groups excluding carboxylic acids is 1. The molecule has 1 rings (SSSR count). The van der Waals surface area contributed by atoms with Crippen molar-refractivity contribution >= 4 is 33.2 Å². The lowest BCUT2D eigenvalue weighted by Crippen LogP contribution is -2.33. The summed E-state index contributed by atoms with van der Waals surface area (Å²) in [5.41, 5.74) is 5.86. The summed E-state index contributed by atoms with van der Waals surface area (Å²) in [6, 6.07) is 4.21. The molecule has 0 bridgehead atoms. The van der Waals surface area contributed by atoms with Gasteiger partial charge in [-0.1, -0.05) is 13.8 Å². The minimum absolute atomic E-state index is 0.0765. The lowest BCUT2D eigenvalue weighted by Gasteiger charge is -2.18. The zero-order valence-electron chi connectivity index (χ0n) is 10.7. The number of anilines is 1. The van der Waals surface area contributed by atoms with E-state index >= 15 is 0 Å². The number of amides is 1. The zero-order chi connectivity index (χ0) is 14.6. The molecular weight excluding hydrogens is 314 g/mol. The van der Waals surface area contributed by atoms with Crippen LogP contribution in [-0.4, -0.2) is 17.4 Å². The van der Waals surface area contributed by atoms with E-state index in [1.54, 1.807) is 0 Å². The molecule has 0 aliphatic rings. The van der Waals surface area contributed by atoms with E-state index in [-0.39, 0.29) is 30.0 Å². The number of nitro groups is 1. The van der Waals surface area contributed by atoms with Crippen molar-refractivity contribution in [1.82, 2.24) is 0 Å². The highest BCUT2D eigenvalue weighted by molar-refractivity contribution is 9.10. The molecule has 104 valence electrons. The Morgan fingerprint density at radius 2 is 2.16 bits per heavy atom. The highest BCUT2D eigenvalue weighted by Crippen LogP contribution is 2.27. The van der Waals surface area contributed by atoms with Crippen molar-refractivity contribution in [1.29, 1.82) is 0 Å². The summed E-state index contributed by atoms with van der Waals surface area (Å²) in [6.45, 7) is 4.04. The number of hydrogen-bond donors (Lipinski definition) is 2. The van der Waals surface area contributed by atoms with Crippen LogP contribution < -0.4 is 11.1 Å². The average Bonchev–Trinajstić information content (AvgIpc) is 2.31. The van der Waals surface area contributed by atoms with Gasteiger partial charge in [-0.2, -0.15) is 0 Å². The number of rotatable bonds is 5. The van der Waals surface area contributed by atoms with E-state index in [9.17, 15) is 14.9 Å². The van der Waals surface area contributed by atoms with Gasteiger partial charge in [-0.15, -0.1) is 0 Å². The van der Waals surface area contributed by atoms with Crippen LogP contribution >= 0.6 is 15.9 Å². The first kappa shape index (κ1) is 15.6. The monoisotopic (exact) mass is 329 g/mol. The first-order valence-corrected chi connectivity index (χ1v) is 6.61. The van der Waals surface area contributed by atoms with Crippen LogP contribution in [0.1, 0.15) is 13.8 Å². The molecule has 6 nitrogen and oxygen atoms in total. The minimum Gasteiger partial charge on any atom is -0.330 e. The van der Waals surface area contributed by atoms with Gasteiger partial charge in [-0.25, -0.2) is 0 Å². The molecule has 0 fully saturated rings. The first-order valence-electron chi connectivity index (χ1n) is 5.81. The summed E-state index contributed by atoms with van der Waals surface area (Å²) in [4.78, 5) is 22.2. The second-order valence-corrected chi connectivity index (χ2v) is 5.35. The predicted octanol–water partition coefficient (Wildman–Crippen LogP) is 2.53. The molecule has 3 N–H and O–H groups in total. The van der Waals surface area contributed by atoms with E-state index in [1.165, 1.54) is 18.2 Å². The van der Waals surface area contributed by atoms with Gasteiger partial charge in [0.05, 0.1) is 16.5 Å². The molecule has 0 radical (unpaired) electrons. The minimum atomic E-state index is -0.509. The van der Waals surface area contributed by atoms with Gasteiger partial charge in [0.15, 0.2) is 0 Å². The smallest absolute Gasteiger partial charge is 0.271 e. The molecule has 0 saturated carbocycles. The molecule has 0 heterocycles. The number of nitro benzene ring substituents is 1. The quantitative estimate of drug-likeness (QED) is 0.640. The number of nitrogens with two attached hydrogens (primary N) is 1. The van der Waals surface area contributed by atoms with Gasteiger partial charge in [0.2, 0.25) is 5.91 Å². The molecule has 7 heteroatoms. The highest BCUT2D eigenvalue weighted by atomic mass is 79.9. The number of halogens is 1. The highest BCUT2D eigenvalue weighted by Gasteiger charge is 2.21. The van der Waals surface area contributed by atoms with E-state index in [0.29, 0.717) is 10.2 Å². The molecule has 1 aromatic rings. The SMILES string of the molecule is CC(C)C(CN)C(=O)Nc1cc([N+](=O)[O-])ccc1Br. The third kappa shape index (κ3) is 4.00. The van der Waals surface area contributed by atoms with E-state index in [4.69, 9.17) is 5.73 Å². The van der Waals surface area contributed by atoms with E-state index in [0.717, 1.165) is 0 Å². The number of non-ortho nitro benzene ring substituents is 1. The van der Waals surface area contributed by atoms with Gasteiger partial charge in [0.1, 0.15) is 0 Å². The molecular formula is C12H16BrN3O3. The van der Waals surface area contributed by atoms with Crippen molar-refractivity contribution in [3.63, 3.8) is 0 Å². The zero-order valence-corrected chi connectivity index (χ0v) is 12.3. The Morgan fingerprint density at radius 3 is 2.63 bits per heavy atom. The van der Waals surface area contributed by atoms with Crippen LogP contribution in [0.15, 0.2) is 22.7 Å². The summed E-state index contributed by atoms with van der Waals surface area (Å²) >= 11 is 3.25. The van der Waals surface area contributed by atoms with Gasteiger partial charge >= 0.3 is 0 Å². The maximum Gasteiger partial charge on any atom is 0.271 e. The lowest BCUT2D eigenvalue weighted by atomic mass is 9.95. The third-order valence-corrected chi connectivity index (χ3v) is 3.51. The van der Waals surface area contributed by atoms with Crippen molar-refractivity contribution in [3.05, 3.63) is 32.8 Å². The fourth-order valence-electron chi connectivity index (χ4n) is 1.63. The number of carbonyl (C=O) groups is 1. The van der Waals surface area contributed by atoms with Crippen molar-refractivity contribution in [2.45, 2.75) is 13.8 Å². The molecule has 1 aromatic carbocycles. The van der Waals surface area contributed by atoms with E-state index in [1.807, 2.05) is 13.8 Å². The fraction of sp³-hybridized carbons (Fsp3) is 0.417. The number of nitrogens with zero attached hydrogens (tertiary/aromatic N) is 1. The number of nitrogens with one attached hydrogen (secondary N) is 1. The molecule has 0 aliphatic carbocycles. The summed E-state index contributed by atoms with van der Waals surface area (Å²) in [5.74, 6) is -0.465. The number of benzene rings is 1. The molecule has 1 amide bonds. The molecule has 0 spiro atoms. The van der Waals surface area contributed by atoms with Crippen molar-refractivity contribution in [2.75, 3.05) is 11.9 Å². The van der Waals surface area contributed by atoms with Crippen LogP contribution in [0.2, 0.25) is 0 Å². The second kappa shape index (κ2) is 6.63. The molecule has 0 aliphatic heterocycles. The van der Waals surface area contributed by atoms with E-state index in [2.05, 4.69) is 21.2 Å². The third-order valence-electron chi connectivity index (χ3n) is 2.81. The Morgan fingerprint density at radius 1 is 1.53 bits per heavy atom. The van der Waals surface area contributed by atoms with Gasteiger partial charge < -0.3 is 11.1 Å². The van der Waals surface area contributed by atoms with Crippen LogP contribution in [-0.2, 0) is 4.79 Å². The van der Waals surface area contributed by atoms with Crippen LogP contribution in [0.5, 0.6) is 0 Å². The summed E-state index contributed by atoms with van der Waals surface area (Å²) in [5, 5.41) is 13.4. The van der Waals surface area contributed by atoms with Crippen LogP contribution in [0, 0.1) is 22.0 Å². The Hall–Kier alpha value is -1.47. The maximum absolute atomic E-state index is 12.0. The predicted molar refractivity (Wildman–Crippen MR) is 76.8 cm³/mol. The number of hydrogen-bond acceptors (Lipinski definition) is 4.